The highest BCUT2D eigenvalue weighted by Gasteiger charge is 2.33. The summed E-state index contributed by atoms with van der Waals surface area (Å²) in [5.41, 5.74) is 2.88. The predicted octanol–water partition coefficient (Wildman–Crippen LogP) is 3.11. The van der Waals surface area contributed by atoms with E-state index in [9.17, 15) is 18.0 Å². The molecule has 0 saturated heterocycles. The summed E-state index contributed by atoms with van der Waals surface area (Å²) in [6.07, 6.45) is 0. The molecule has 0 fully saturated rings. The molecule has 0 bridgehead atoms. The van der Waals surface area contributed by atoms with Gasteiger partial charge in [-0.3, -0.25) is 9.59 Å². The number of nitrogens with one attached hydrogen (secondary N) is 1. The summed E-state index contributed by atoms with van der Waals surface area (Å²) in [6.45, 7) is 9.56. The van der Waals surface area contributed by atoms with Crippen molar-refractivity contribution in [3.63, 3.8) is 0 Å². The van der Waals surface area contributed by atoms with Crippen LogP contribution in [0, 0.1) is 19.8 Å². The highest BCUT2D eigenvalue weighted by atomic mass is 32.2. The fourth-order valence-electron chi connectivity index (χ4n) is 3.51. The molecule has 35 heavy (non-hydrogen) atoms. The number of anilines is 1. The van der Waals surface area contributed by atoms with Gasteiger partial charge < -0.3 is 10.2 Å². The van der Waals surface area contributed by atoms with Crippen LogP contribution >= 0.6 is 0 Å². The Balaban J connectivity index is 2.46. The van der Waals surface area contributed by atoms with Crippen molar-refractivity contribution in [1.29, 1.82) is 0 Å². The van der Waals surface area contributed by atoms with Gasteiger partial charge in [0, 0.05) is 27.2 Å². The van der Waals surface area contributed by atoms with Crippen LogP contribution in [0.3, 0.4) is 0 Å². The summed E-state index contributed by atoms with van der Waals surface area (Å²) in [4.78, 5) is 28.0. The second-order valence-corrected chi connectivity index (χ2v) is 11.5. The van der Waals surface area contributed by atoms with E-state index in [0.29, 0.717) is 12.2 Å². The van der Waals surface area contributed by atoms with Crippen molar-refractivity contribution in [3.05, 3.63) is 65.2 Å². The minimum atomic E-state index is -3.98. The predicted molar refractivity (Wildman–Crippen MR) is 140 cm³/mol. The Bertz CT molecular complexity index is 1120. The lowest BCUT2D eigenvalue weighted by atomic mass is 10.1. The molecule has 0 aromatic heterocycles. The first-order valence-corrected chi connectivity index (χ1v) is 13.1. The molecule has 8 nitrogen and oxygen atoms in total. The number of carbonyl (C=O) groups is 2. The van der Waals surface area contributed by atoms with Crippen LogP contribution in [0.1, 0.15) is 37.5 Å². The lowest BCUT2D eigenvalue weighted by Crippen LogP contribution is -2.52. The Hall–Kier alpha value is -2.91. The summed E-state index contributed by atoms with van der Waals surface area (Å²) in [5, 5.41) is 2.88. The number of benzene rings is 2. The molecule has 0 aliphatic rings. The van der Waals surface area contributed by atoms with Gasteiger partial charge in [0.25, 0.3) is 0 Å². The molecule has 2 aromatic carbocycles. The number of hydrogen-bond acceptors (Lipinski definition) is 4. The van der Waals surface area contributed by atoms with Crippen LogP contribution < -0.4 is 9.62 Å². The molecule has 1 atom stereocenters. The quantitative estimate of drug-likeness (QED) is 0.511. The van der Waals surface area contributed by atoms with E-state index in [0.717, 1.165) is 25.3 Å². The van der Waals surface area contributed by atoms with Crippen molar-refractivity contribution in [2.75, 3.05) is 31.5 Å². The second-order valence-electron chi connectivity index (χ2n) is 9.41. The van der Waals surface area contributed by atoms with Gasteiger partial charge in [-0.15, -0.1) is 0 Å². The zero-order valence-corrected chi connectivity index (χ0v) is 22.6. The Labute approximate surface area is 210 Å². The van der Waals surface area contributed by atoms with E-state index in [1.54, 1.807) is 19.9 Å². The van der Waals surface area contributed by atoms with Crippen LogP contribution in [0.25, 0.3) is 0 Å². The van der Waals surface area contributed by atoms with Crippen molar-refractivity contribution in [2.24, 2.45) is 5.92 Å². The number of hydrogen-bond donors (Lipinski definition) is 1. The van der Waals surface area contributed by atoms with Crippen molar-refractivity contribution in [2.45, 2.75) is 47.2 Å². The van der Waals surface area contributed by atoms with Gasteiger partial charge in [0.2, 0.25) is 11.8 Å². The zero-order valence-electron chi connectivity index (χ0n) is 21.8. The summed E-state index contributed by atoms with van der Waals surface area (Å²) in [6, 6.07) is 14.0. The largest absolute Gasteiger partial charge is 0.354 e. The molecule has 9 heteroatoms. The highest BCUT2D eigenvalue weighted by Crippen LogP contribution is 2.26. The maximum atomic E-state index is 13.7. The average molecular weight is 503 g/mol. The van der Waals surface area contributed by atoms with E-state index >= 15 is 0 Å². The number of aryl methyl sites for hydroxylation is 2. The van der Waals surface area contributed by atoms with E-state index in [1.165, 1.54) is 19.0 Å². The van der Waals surface area contributed by atoms with E-state index in [1.807, 2.05) is 63.2 Å². The monoisotopic (exact) mass is 502 g/mol. The molecule has 1 unspecified atom stereocenters. The molecule has 0 heterocycles. The van der Waals surface area contributed by atoms with Gasteiger partial charge in [-0.05, 0) is 49.4 Å². The van der Waals surface area contributed by atoms with Gasteiger partial charge >= 0.3 is 10.2 Å². The van der Waals surface area contributed by atoms with Crippen molar-refractivity contribution in [1.82, 2.24) is 14.5 Å². The Morgan fingerprint density at radius 1 is 0.971 bits per heavy atom. The van der Waals surface area contributed by atoms with E-state index < -0.39 is 28.7 Å². The lowest BCUT2D eigenvalue weighted by Gasteiger charge is -2.33. The van der Waals surface area contributed by atoms with Crippen molar-refractivity contribution >= 4 is 27.7 Å². The van der Waals surface area contributed by atoms with Crippen LogP contribution in [0.2, 0.25) is 0 Å². The van der Waals surface area contributed by atoms with Crippen molar-refractivity contribution < 1.29 is 18.0 Å². The van der Waals surface area contributed by atoms with Gasteiger partial charge in [0.15, 0.2) is 0 Å². The third kappa shape index (κ3) is 7.53. The van der Waals surface area contributed by atoms with E-state index in [-0.39, 0.29) is 18.4 Å². The number of nitrogens with zero attached hydrogens (tertiary/aromatic N) is 3. The molecular formula is C26H38N4O4S. The Morgan fingerprint density at radius 3 is 2.17 bits per heavy atom. The van der Waals surface area contributed by atoms with Crippen LogP contribution in [0.15, 0.2) is 48.5 Å². The molecule has 0 aliphatic heterocycles. The molecule has 1 N–H and O–H groups in total. The summed E-state index contributed by atoms with van der Waals surface area (Å²) in [5.74, 6) is -0.487. The van der Waals surface area contributed by atoms with E-state index in [2.05, 4.69) is 5.32 Å². The number of rotatable bonds is 11. The number of carbonyl (C=O) groups excluding carboxylic acids is 2. The highest BCUT2D eigenvalue weighted by molar-refractivity contribution is 7.90. The molecule has 0 aliphatic carbocycles. The molecule has 0 saturated carbocycles. The minimum Gasteiger partial charge on any atom is -0.354 e. The molecule has 0 radical (unpaired) electrons. The third-order valence-electron chi connectivity index (χ3n) is 5.70. The van der Waals surface area contributed by atoms with Gasteiger partial charge in [-0.25, -0.2) is 4.31 Å². The first-order valence-electron chi connectivity index (χ1n) is 11.7. The first kappa shape index (κ1) is 28.3. The van der Waals surface area contributed by atoms with Crippen LogP contribution in [-0.4, -0.2) is 62.7 Å². The van der Waals surface area contributed by atoms with Gasteiger partial charge in [0.1, 0.15) is 12.6 Å². The van der Waals surface area contributed by atoms with Gasteiger partial charge in [-0.2, -0.15) is 12.7 Å². The standard InChI is InChI=1S/C26H38N4O4S/c1-19(2)16-27-26(32)22(5)29(17-23-11-9-8-10-12-23)25(31)18-30(35(33,34)28(6)7)24-15-20(3)13-14-21(24)4/h8-15,19,22H,16-18H2,1-7H3,(H,27,32). The maximum Gasteiger partial charge on any atom is 0.304 e. The third-order valence-corrected chi connectivity index (χ3v) is 7.51. The average Bonchev–Trinajstić information content (AvgIpc) is 2.80. The lowest BCUT2D eigenvalue weighted by molar-refractivity contribution is -0.139. The molecule has 0 spiro atoms. The first-order chi connectivity index (χ1) is 16.3. The fraction of sp³-hybridized carbons (Fsp3) is 0.462. The fourth-order valence-corrected chi connectivity index (χ4v) is 4.62. The topological polar surface area (TPSA) is 90.0 Å². The summed E-state index contributed by atoms with van der Waals surface area (Å²) >= 11 is 0. The van der Waals surface area contributed by atoms with Crippen LogP contribution in [-0.2, 0) is 26.3 Å². The molecular weight excluding hydrogens is 464 g/mol. The number of amides is 2. The smallest absolute Gasteiger partial charge is 0.304 e. The molecule has 192 valence electrons. The summed E-state index contributed by atoms with van der Waals surface area (Å²) < 4.78 is 28.8. The zero-order chi connectivity index (χ0) is 26.3. The molecule has 2 amide bonds. The normalized spacial score (nSPS) is 12.5. The summed E-state index contributed by atoms with van der Waals surface area (Å²) in [7, 11) is -1.12. The maximum absolute atomic E-state index is 13.7. The Morgan fingerprint density at radius 2 is 1.60 bits per heavy atom. The van der Waals surface area contributed by atoms with Crippen molar-refractivity contribution in [3.8, 4) is 0 Å². The van der Waals surface area contributed by atoms with Gasteiger partial charge in [-0.1, -0.05) is 56.3 Å². The van der Waals surface area contributed by atoms with Gasteiger partial charge in [0.05, 0.1) is 5.69 Å². The SMILES string of the molecule is Cc1ccc(C)c(N(CC(=O)N(Cc2ccccc2)C(C)C(=O)NCC(C)C)S(=O)(=O)N(C)C)c1. The van der Waals surface area contributed by atoms with Crippen LogP contribution in [0.4, 0.5) is 5.69 Å². The van der Waals surface area contributed by atoms with Crippen LogP contribution in [0.5, 0.6) is 0 Å². The Kier molecular flexibility index (Phi) is 9.85. The second kappa shape index (κ2) is 12.2. The molecule has 2 rings (SSSR count). The molecule has 2 aromatic rings. The minimum absolute atomic E-state index is 0.179. The van der Waals surface area contributed by atoms with E-state index in [4.69, 9.17) is 0 Å².